The number of rotatable bonds is 14. The summed E-state index contributed by atoms with van der Waals surface area (Å²) in [4.78, 5) is 51.8. The Morgan fingerprint density at radius 2 is 1.84 bits per heavy atom. The van der Waals surface area contributed by atoms with Gasteiger partial charge in [0.15, 0.2) is 0 Å². The van der Waals surface area contributed by atoms with Gasteiger partial charge in [0.05, 0.1) is 12.6 Å². The van der Waals surface area contributed by atoms with Gasteiger partial charge >= 0.3 is 0 Å². The zero-order chi connectivity index (χ0) is 24.1. The Bertz CT molecular complexity index is 662. The first-order chi connectivity index (χ1) is 15.2. The van der Waals surface area contributed by atoms with Crippen LogP contribution in [0, 0.1) is 5.92 Å². The van der Waals surface area contributed by atoms with Crippen LogP contribution in [-0.4, -0.2) is 72.7 Å². The van der Waals surface area contributed by atoms with Crippen LogP contribution in [0.3, 0.4) is 0 Å². The maximum absolute atomic E-state index is 13.1. The average Bonchev–Trinajstić information content (AvgIpc) is 3.26. The average molecular weight is 451 g/mol. The quantitative estimate of drug-likeness (QED) is 0.241. The Hall–Kier alpha value is -2.38. The lowest BCUT2D eigenvalue weighted by molar-refractivity contribution is -0.135. The SMILES string of the molecule is CCCCCCCNC(=O)[C@@H]1CCCN1C(=O)/C(C)=C/[C@H](C(C)C)N(C)C(=O)CNC=O. The second-order valence-electron chi connectivity index (χ2n) is 8.95. The maximum atomic E-state index is 13.1. The summed E-state index contributed by atoms with van der Waals surface area (Å²) in [5, 5.41) is 5.38. The van der Waals surface area contributed by atoms with Crippen LogP contribution in [-0.2, 0) is 19.2 Å². The topological polar surface area (TPSA) is 98.8 Å². The van der Waals surface area contributed by atoms with Gasteiger partial charge in [-0.15, -0.1) is 0 Å². The Morgan fingerprint density at radius 3 is 2.47 bits per heavy atom. The molecular weight excluding hydrogens is 408 g/mol. The van der Waals surface area contributed by atoms with Gasteiger partial charge in [-0.3, -0.25) is 19.2 Å². The van der Waals surface area contributed by atoms with E-state index in [1.807, 2.05) is 13.8 Å². The Morgan fingerprint density at radius 1 is 1.16 bits per heavy atom. The van der Waals surface area contributed by atoms with Crippen molar-refractivity contribution in [2.45, 2.75) is 84.7 Å². The van der Waals surface area contributed by atoms with E-state index in [1.54, 1.807) is 29.8 Å². The molecule has 8 nitrogen and oxygen atoms in total. The molecule has 1 heterocycles. The zero-order valence-corrected chi connectivity index (χ0v) is 20.5. The lowest BCUT2D eigenvalue weighted by Gasteiger charge is -2.30. The van der Waals surface area contributed by atoms with Crippen LogP contribution in [0.25, 0.3) is 0 Å². The van der Waals surface area contributed by atoms with Crippen molar-refractivity contribution in [1.29, 1.82) is 0 Å². The van der Waals surface area contributed by atoms with E-state index in [9.17, 15) is 19.2 Å². The van der Waals surface area contributed by atoms with Gasteiger partial charge in [0.1, 0.15) is 6.04 Å². The number of hydrogen-bond acceptors (Lipinski definition) is 4. The van der Waals surface area contributed by atoms with Crippen LogP contribution >= 0.6 is 0 Å². The molecule has 0 aromatic rings. The molecule has 1 aliphatic rings. The maximum Gasteiger partial charge on any atom is 0.249 e. The van der Waals surface area contributed by atoms with Crippen LogP contribution < -0.4 is 10.6 Å². The molecule has 1 aliphatic heterocycles. The van der Waals surface area contributed by atoms with E-state index in [0.29, 0.717) is 31.5 Å². The van der Waals surface area contributed by atoms with Crippen LogP contribution in [0.1, 0.15) is 72.6 Å². The molecule has 182 valence electrons. The summed E-state index contributed by atoms with van der Waals surface area (Å²) in [6, 6.07) is -0.729. The van der Waals surface area contributed by atoms with Crippen LogP contribution in [0.2, 0.25) is 0 Å². The number of nitrogens with zero attached hydrogens (tertiary/aromatic N) is 2. The van der Waals surface area contributed by atoms with Crippen LogP contribution in [0.4, 0.5) is 0 Å². The molecule has 2 atom stereocenters. The Balaban J connectivity index is 2.75. The summed E-state index contributed by atoms with van der Waals surface area (Å²) in [5.74, 6) is -0.395. The molecule has 0 bridgehead atoms. The van der Waals surface area contributed by atoms with Gasteiger partial charge in [0.25, 0.3) is 0 Å². The van der Waals surface area contributed by atoms with Crippen molar-refractivity contribution >= 4 is 24.1 Å². The zero-order valence-electron chi connectivity index (χ0n) is 20.5. The van der Waals surface area contributed by atoms with E-state index in [1.165, 1.54) is 19.3 Å². The molecule has 32 heavy (non-hydrogen) atoms. The molecule has 1 fully saturated rings. The monoisotopic (exact) mass is 450 g/mol. The summed E-state index contributed by atoms with van der Waals surface area (Å²) < 4.78 is 0. The number of nitrogens with one attached hydrogen (secondary N) is 2. The summed E-state index contributed by atoms with van der Waals surface area (Å²) in [6.07, 6.45) is 9.42. The fourth-order valence-corrected chi connectivity index (χ4v) is 4.07. The van der Waals surface area contributed by atoms with Gasteiger partial charge in [-0.05, 0) is 32.1 Å². The van der Waals surface area contributed by atoms with Crippen molar-refractivity contribution in [3.63, 3.8) is 0 Å². The standard InChI is InChI=1S/C24H42N4O4/c1-6-7-8-9-10-13-26-23(31)20-12-11-14-28(20)24(32)19(4)15-21(18(2)3)27(5)22(30)16-25-17-29/h15,17-18,20-21H,6-14,16H2,1-5H3,(H,25,29)(H,26,31)/b19-15+/t20-,21+/m0/s1. The van der Waals surface area contributed by atoms with E-state index in [0.717, 1.165) is 19.3 Å². The third kappa shape index (κ3) is 8.63. The van der Waals surface area contributed by atoms with E-state index < -0.39 is 6.04 Å². The van der Waals surface area contributed by atoms with Gasteiger partial charge in [0.2, 0.25) is 24.1 Å². The van der Waals surface area contributed by atoms with Crippen molar-refractivity contribution in [1.82, 2.24) is 20.4 Å². The summed E-state index contributed by atoms with van der Waals surface area (Å²) in [7, 11) is 1.67. The molecule has 1 rings (SSSR count). The second-order valence-corrected chi connectivity index (χ2v) is 8.95. The second kappa shape index (κ2) is 14.6. The highest BCUT2D eigenvalue weighted by molar-refractivity contribution is 5.97. The van der Waals surface area contributed by atoms with Gasteiger partial charge in [0, 0.05) is 25.7 Å². The highest BCUT2D eigenvalue weighted by atomic mass is 16.2. The molecule has 0 aromatic heterocycles. The predicted octanol–water partition coefficient (Wildman–Crippen LogP) is 2.24. The minimum absolute atomic E-state index is 0.0771. The molecule has 1 saturated heterocycles. The van der Waals surface area contributed by atoms with Crippen LogP contribution in [0.15, 0.2) is 11.6 Å². The largest absolute Gasteiger partial charge is 0.354 e. The van der Waals surface area contributed by atoms with Gasteiger partial charge in [-0.25, -0.2) is 0 Å². The highest BCUT2D eigenvalue weighted by Gasteiger charge is 2.34. The smallest absolute Gasteiger partial charge is 0.249 e. The van der Waals surface area contributed by atoms with E-state index in [2.05, 4.69) is 17.6 Å². The fraction of sp³-hybridized carbons (Fsp3) is 0.750. The Labute approximate surface area is 193 Å². The number of carbonyl (C=O) groups excluding carboxylic acids is 4. The first kappa shape index (κ1) is 27.7. The first-order valence-electron chi connectivity index (χ1n) is 11.9. The third-order valence-corrected chi connectivity index (χ3v) is 6.01. The number of likely N-dealkylation sites (tertiary alicyclic amines) is 1. The normalized spacial score (nSPS) is 17.2. The number of hydrogen-bond donors (Lipinski definition) is 2. The lowest BCUT2D eigenvalue weighted by Crippen LogP contribution is -2.47. The minimum Gasteiger partial charge on any atom is -0.354 e. The molecule has 0 saturated carbocycles. The summed E-state index contributed by atoms with van der Waals surface area (Å²) in [5.41, 5.74) is 0.519. The van der Waals surface area contributed by atoms with E-state index in [-0.39, 0.29) is 36.2 Å². The van der Waals surface area contributed by atoms with E-state index in [4.69, 9.17) is 0 Å². The van der Waals surface area contributed by atoms with Crippen molar-refractivity contribution in [3.05, 3.63) is 11.6 Å². The molecule has 0 unspecified atom stereocenters. The van der Waals surface area contributed by atoms with Gasteiger partial charge in [-0.2, -0.15) is 0 Å². The minimum atomic E-state index is -0.435. The lowest BCUT2D eigenvalue weighted by atomic mass is 9.99. The van der Waals surface area contributed by atoms with Crippen molar-refractivity contribution in [2.24, 2.45) is 5.92 Å². The highest BCUT2D eigenvalue weighted by Crippen LogP contribution is 2.21. The summed E-state index contributed by atoms with van der Waals surface area (Å²) >= 11 is 0. The molecule has 0 aliphatic carbocycles. The van der Waals surface area contributed by atoms with Gasteiger partial charge < -0.3 is 20.4 Å². The molecule has 0 spiro atoms. The molecule has 2 N–H and O–H groups in total. The number of amides is 4. The van der Waals surface area contributed by atoms with Crippen molar-refractivity contribution in [2.75, 3.05) is 26.7 Å². The molecule has 0 radical (unpaired) electrons. The van der Waals surface area contributed by atoms with Crippen molar-refractivity contribution < 1.29 is 19.2 Å². The predicted molar refractivity (Wildman–Crippen MR) is 126 cm³/mol. The Kier molecular flexibility index (Phi) is 12.7. The molecule has 0 aromatic carbocycles. The number of unbranched alkanes of at least 4 members (excludes halogenated alkanes) is 4. The van der Waals surface area contributed by atoms with Gasteiger partial charge in [-0.1, -0.05) is 52.5 Å². The molecule has 4 amide bonds. The number of carbonyl (C=O) groups is 4. The van der Waals surface area contributed by atoms with E-state index >= 15 is 0 Å². The first-order valence-corrected chi connectivity index (χ1v) is 11.9. The van der Waals surface area contributed by atoms with Crippen molar-refractivity contribution in [3.8, 4) is 0 Å². The fourth-order valence-electron chi connectivity index (χ4n) is 4.07. The molecule has 8 heteroatoms. The molecular formula is C24H42N4O4. The number of likely N-dealkylation sites (N-methyl/N-ethyl adjacent to an activating group) is 1. The van der Waals surface area contributed by atoms with Crippen LogP contribution in [0.5, 0.6) is 0 Å². The summed E-state index contributed by atoms with van der Waals surface area (Å²) in [6.45, 7) is 8.98. The third-order valence-electron chi connectivity index (χ3n) is 6.01.